The van der Waals surface area contributed by atoms with Gasteiger partial charge < -0.3 is 20.9 Å². The highest BCUT2D eigenvalue weighted by molar-refractivity contribution is 5.99. The summed E-state index contributed by atoms with van der Waals surface area (Å²) < 4.78 is 5.04. The van der Waals surface area contributed by atoms with Gasteiger partial charge in [0.15, 0.2) is 0 Å². The summed E-state index contributed by atoms with van der Waals surface area (Å²) in [6.45, 7) is 0.492. The van der Waals surface area contributed by atoms with Gasteiger partial charge in [0.2, 0.25) is 0 Å². The first-order valence-corrected chi connectivity index (χ1v) is 6.51. The van der Waals surface area contributed by atoms with E-state index in [1.165, 1.54) is 0 Å². The fourth-order valence-corrected chi connectivity index (χ4v) is 2.45. The third kappa shape index (κ3) is 3.17. The second-order valence-corrected chi connectivity index (χ2v) is 4.92. The maximum atomic E-state index is 12.0. The molecule has 1 aromatic carbocycles. The van der Waals surface area contributed by atoms with E-state index in [2.05, 4.69) is 5.32 Å². The maximum Gasteiger partial charge on any atom is 0.253 e. The van der Waals surface area contributed by atoms with E-state index in [1.54, 1.807) is 25.3 Å². The lowest BCUT2D eigenvalue weighted by molar-refractivity contribution is 0.0917. The van der Waals surface area contributed by atoms with E-state index in [-0.39, 0.29) is 17.9 Å². The molecule has 1 aromatic rings. The number of anilines is 1. The molecule has 0 bridgehead atoms. The highest BCUT2D eigenvalue weighted by Gasteiger charge is 2.25. The van der Waals surface area contributed by atoms with Crippen molar-refractivity contribution in [3.05, 3.63) is 23.8 Å². The number of carbonyl (C=O) groups is 1. The lowest BCUT2D eigenvalue weighted by Gasteiger charge is -2.15. The van der Waals surface area contributed by atoms with E-state index in [0.29, 0.717) is 23.5 Å². The first kappa shape index (κ1) is 13.7. The average Bonchev–Trinajstić information content (AvgIpc) is 2.81. The summed E-state index contributed by atoms with van der Waals surface area (Å²) in [4.78, 5) is 12.0. The maximum absolute atomic E-state index is 12.0. The molecule has 2 atom stereocenters. The molecule has 1 fully saturated rings. The van der Waals surface area contributed by atoms with Crippen molar-refractivity contribution in [3.8, 4) is 5.75 Å². The van der Waals surface area contributed by atoms with Gasteiger partial charge in [0, 0.05) is 24.2 Å². The van der Waals surface area contributed by atoms with Crippen LogP contribution < -0.4 is 15.8 Å². The van der Waals surface area contributed by atoms with Crippen molar-refractivity contribution in [2.24, 2.45) is 5.92 Å². The van der Waals surface area contributed by atoms with E-state index >= 15 is 0 Å². The Morgan fingerprint density at radius 2 is 2.32 bits per heavy atom. The minimum absolute atomic E-state index is 0.156. The van der Waals surface area contributed by atoms with Gasteiger partial charge in [0.05, 0.1) is 18.8 Å². The largest absolute Gasteiger partial charge is 0.497 e. The normalized spacial score (nSPS) is 22.2. The smallest absolute Gasteiger partial charge is 0.253 e. The number of nitrogens with one attached hydrogen (secondary N) is 1. The van der Waals surface area contributed by atoms with Crippen LogP contribution in [-0.2, 0) is 0 Å². The Morgan fingerprint density at radius 1 is 1.53 bits per heavy atom. The van der Waals surface area contributed by atoms with Crippen molar-refractivity contribution in [2.45, 2.75) is 25.4 Å². The van der Waals surface area contributed by atoms with Crippen molar-refractivity contribution in [3.63, 3.8) is 0 Å². The van der Waals surface area contributed by atoms with Gasteiger partial charge in [0.25, 0.3) is 5.91 Å². The molecule has 1 aliphatic rings. The molecule has 0 spiro atoms. The monoisotopic (exact) mass is 264 g/mol. The first-order valence-electron chi connectivity index (χ1n) is 6.51. The van der Waals surface area contributed by atoms with Crippen LogP contribution in [0, 0.1) is 5.92 Å². The third-order valence-corrected chi connectivity index (χ3v) is 3.65. The number of nitrogens with two attached hydrogens (primary N) is 1. The van der Waals surface area contributed by atoms with Crippen molar-refractivity contribution >= 4 is 11.6 Å². The van der Waals surface area contributed by atoms with E-state index in [0.717, 1.165) is 19.3 Å². The Labute approximate surface area is 112 Å². The number of amides is 1. The number of carbonyl (C=O) groups excluding carboxylic acids is 1. The van der Waals surface area contributed by atoms with E-state index in [4.69, 9.17) is 10.5 Å². The van der Waals surface area contributed by atoms with Gasteiger partial charge in [0.1, 0.15) is 5.75 Å². The van der Waals surface area contributed by atoms with Gasteiger partial charge in [-0.25, -0.2) is 0 Å². The zero-order chi connectivity index (χ0) is 13.8. The Kier molecular flexibility index (Phi) is 4.27. The molecule has 0 aliphatic heterocycles. The number of rotatable bonds is 4. The SMILES string of the molecule is COc1ccc(C(=O)NCC2CCCC2O)c(N)c1. The molecule has 0 radical (unpaired) electrons. The molecule has 5 nitrogen and oxygen atoms in total. The molecule has 0 aromatic heterocycles. The van der Waals surface area contributed by atoms with Gasteiger partial charge in [-0.3, -0.25) is 4.79 Å². The van der Waals surface area contributed by atoms with Crippen molar-refractivity contribution in [1.29, 1.82) is 0 Å². The summed E-state index contributed by atoms with van der Waals surface area (Å²) in [6.07, 6.45) is 2.51. The van der Waals surface area contributed by atoms with Crippen molar-refractivity contribution in [1.82, 2.24) is 5.32 Å². The van der Waals surface area contributed by atoms with Gasteiger partial charge in [-0.1, -0.05) is 6.42 Å². The van der Waals surface area contributed by atoms with Crippen molar-refractivity contribution < 1.29 is 14.6 Å². The quantitative estimate of drug-likeness (QED) is 0.713. The second-order valence-electron chi connectivity index (χ2n) is 4.92. The fraction of sp³-hybridized carbons (Fsp3) is 0.500. The molecular weight excluding hydrogens is 244 g/mol. The number of ether oxygens (including phenoxy) is 1. The van der Waals surface area contributed by atoms with E-state index in [1.807, 2.05) is 0 Å². The van der Waals surface area contributed by atoms with Gasteiger partial charge >= 0.3 is 0 Å². The number of hydrogen-bond acceptors (Lipinski definition) is 4. The number of benzene rings is 1. The number of methoxy groups -OCH3 is 1. The van der Waals surface area contributed by atoms with Gasteiger partial charge in [-0.15, -0.1) is 0 Å². The molecule has 1 amide bonds. The topological polar surface area (TPSA) is 84.6 Å². The van der Waals surface area contributed by atoms with Gasteiger partial charge in [-0.05, 0) is 25.0 Å². The molecule has 1 aliphatic carbocycles. The summed E-state index contributed by atoms with van der Waals surface area (Å²) >= 11 is 0. The molecule has 2 unspecified atom stereocenters. The minimum atomic E-state index is -0.298. The summed E-state index contributed by atoms with van der Waals surface area (Å²) in [6, 6.07) is 4.98. The van der Waals surface area contributed by atoms with Crippen LogP contribution in [0.3, 0.4) is 0 Å². The number of aliphatic hydroxyl groups excluding tert-OH is 1. The van der Waals surface area contributed by atoms with Crippen LogP contribution in [-0.4, -0.2) is 30.8 Å². The number of aliphatic hydroxyl groups is 1. The molecule has 104 valence electrons. The molecule has 2 rings (SSSR count). The summed E-state index contributed by atoms with van der Waals surface area (Å²) in [5.74, 6) is 0.572. The lowest BCUT2D eigenvalue weighted by atomic mass is 10.1. The van der Waals surface area contributed by atoms with Crippen molar-refractivity contribution in [2.75, 3.05) is 19.4 Å². The molecule has 0 saturated heterocycles. The Bertz CT molecular complexity index is 462. The van der Waals surface area contributed by atoms with Crippen LogP contribution in [0.1, 0.15) is 29.6 Å². The van der Waals surface area contributed by atoms with Crippen LogP contribution in [0.4, 0.5) is 5.69 Å². The van der Waals surface area contributed by atoms with Crippen LogP contribution in [0.5, 0.6) is 5.75 Å². The number of nitrogen functional groups attached to an aromatic ring is 1. The van der Waals surface area contributed by atoms with E-state index in [9.17, 15) is 9.90 Å². The number of hydrogen-bond donors (Lipinski definition) is 3. The molecule has 0 heterocycles. The third-order valence-electron chi connectivity index (χ3n) is 3.65. The van der Waals surface area contributed by atoms with E-state index < -0.39 is 0 Å². The lowest BCUT2D eigenvalue weighted by Crippen LogP contribution is -2.32. The summed E-state index contributed by atoms with van der Waals surface area (Å²) in [5, 5.41) is 12.5. The molecule has 19 heavy (non-hydrogen) atoms. The molecular formula is C14H20N2O3. The van der Waals surface area contributed by atoms with Crippen LogP contribution in [0.15, 0.2) is 18.2 Å². The standard InChI is InChI=1S/C14H20N2O3/c1-19-10-5-6-11(12(15)7-10)14(18)16-8-9-3-2-4-13(9)17/h5-7,9,13,17H,2-4,8,15H2,1H3,(H,16,18). The first-order chi connectivity index (χ1) is 9.11. The Balaban J connectivity index is 1.96. The fourth-order valence-electron chi connectivity index (χ4n) is 2.45. The van der Waals surface area contributed by atoms with Crippen LogP contribution >= 0.6 is 0 Å². The Morgan fingerprint density at radius 3 is 2.89 bits per heavy atom. The molecule has 4 N–H and O–H groups in total. The Hall–Kier alpha value is -1.75. The minimum Gasteiger partial charge on any atom is -0.497 e. The highest BCUT2D eigenvalue weighted by atomic mass is 16.5. The highest BCUT2D eigenvalue weighted by Crippen LogP contribution is 2.25. The molecule has 1 saturated carbocycles. The zero-order valence-corrected chi connectivity index (χ0v) is 11.1. The molecule has 5 heteroatoms. The zero-order valence-electron chi connectivity index (χ0n) is 11.1. The van der Waals surface area contributed by atoms with Crippen LogP contribution in [0.2, 0.25) is 0 Å². The van der Waals surface area contributed by atoms with Crippen LogP contribution in [0.25, 0.3) is 0 Å². The predicted molar refractivity (Wildman–Crippen MR) is 73.1 cm³/mol. The predicted octanol–water partition coefficient (Wildman–Crippen LogP) is 1.17. The summed E-state index contributed by atoms with van der Waals surface area (Å²) in [5.41, 5.74) is 6.65. The average molecular weight is 264 g/mol. The second kappa shape index (κ2) is 5.93. The summed E-state index contributed by atoms with van der Waals surface area (Å²) in [7, 11) is 1.55. The van der Waals surface area contributed by atoms with Gasteiger partial charge in [-0.2, -0.15) is 0 Å².